The van der Waals surface area contributed by atoms with E-state index in [4.69, 9.17) is 27.3 Å². The monoisotopic (exact) mass is 722 g/mol. The first-order chi connectivity index (χ1) is 21.2. The Kier molecular flexibility index (Phi) is 8.87. The van der Waals surface area contributed by atoms with Gasteiger partial charge in [-0.3, -0.25) is 15.1 Å². The molecule has 224 valence electrons. The summed E-state index contributed by atoms with van der Waals surface area (Å²) in [4.78, 5) is 31.1. The number of nitrogens with one attached hydrogen (secondary N) is 2. The van der Waals surface area contributed by atoms with Gasteiger partial charge in [0.1, 0.15) is 5.82 Å². The SMILES string of the molecule is CN(I)C1CCC(C(=O)NC(N)=Nc2ccc(Nc3ncc4c(n3)-c3ccc(Cl)cc3C(c3ccccc3F)=NC4)cc2)C1. The number of carbonyl (C=O) groups is 1. The lowest BCUT2D eigenvalue weighted by molar-refractivity contribution is -0.123. The van der Waals surface area contributed by atoms with Crippen molar-refractivity contribution >= 4 is 69.4 Å². The highest BCUT2D eigenvalue weighted by atomic mass is 127. The lowest BCUT2D eigenvalue weighted by Crippen LogP contribution is -2.40. The molecule has 2 aliphatic rings. The third-order valence-electron chi connectivity index (χ3n) is 7.80. The molecule has 1 aliphatic heterocycles. The van der Waals surface area contributed by atoms with Crippen LogP contribution in [0.4, 0.5) is 21.7 Å². The quantitative estimate of drug-likeness (QED) is 0.0900. The number of anilines is 2. The van der Waals surface area contributed by atoms with Crippen LogP contribution in [0, 0.1) is 11.7 Å². The molecule has 1 aromatic heterocycles. The number of hydrogen-bond donors (Lipinski definition) is 3. The van der Waals surface area contributed by atoms with E-state index in [0.717, 1.165) is 36.1 Å². The molecule has 0 bridgehead atoms. The van der Waals surface area contributed by atoms with Crippen LogP contribution >= 0.6 is 34.5 Å². The molecule has 1 amide bonds. The van der Waals surface area contributed by atoms with Crippen molar-refractivity contribution < 1.29 is 9.18 Å². The smallest absolute Gasteiger partial charge is 0.229 e. The largest absolute Gasteiger partial charge is 0.369 e. The number of nitrogens with two attached hydrogens (primary N) is 1. The van der Waals surface area contributed by atoms with Crippen molar-refractivity contribution in [3.63, 3.8) is 0 Å². The van der Waals surface area contributed by atoms with Gasteiger partial charge in [0.25, 0.3) is 0 Å². The number of aliphatic imine (C=N–C) groups is 2. The van der Waals surface area contributed by atoms with E-state index in [2.05, 4.69) is 46.6 Å². The van der Waals surface area contributed by atoms with Gasteiger partial charge in [0.15, 0.2) is 0 Å². The van der Waals surface area contributed by atoms with Crippen molar-refractivity contribution in [1.82, 2.24) is 18.4 Å². The molecule has 1 fully saturated rings. The summed E-state index contributed by atoms with van der Waals surface area (Å²) < 4.78 is 16.9. The maximum absolute atomic E-state index is 14.8. The van der Waals surface area contributed by atoms with Crippen molar-refractivity contribution in [2.45, 2.75) is 31.8 Å². The summed E-state index contributed by atoms with van der Waals surface area (Å²) in [5, 5.41) is 6.49. The fraction of sp³-hybridized carbons (Fsp3) is 0.219. The molecule has 1 saturated carbocycles. The van der Waals surface area contributed by atoms with Crippen LogP contribution in [0.2, 0.25) is 5.02 Å². The standard InChI is InChI=1S/C32H29ClFIN8O/c1-43(35)23-12-6-18(14-23)30(44)42-31(36)39-21-8-10-22(11-9-21)40-32-38-17-19-16-37-29(25-4-2-3-5-27(25)34)26-15-20(33)7-13-24(26)28(19)41-32/h2-5,7-11,13,15,17-18,23H,6,12,14,16H2,1H3,(H,38,40,41)(H3,36,39,42,44). The molecule has 1 aliphatic carbocycles. The van der Waals surface area contributed by atoms with E-state index in [-0.39, 0.29) is 30.1 Å². The summed E-state index contributed by atoms with van der Waals surface area (Å²) in [5.41, 5.74) is 11.3. The highest BCUT2D eigenvalue weighted by molar-refractivity contribution is 14.1. The van der Waals surface area contributed by atoms with Crippen molar-refractivity contribution in [3.8, 4) is 11.3 Å². The lowest BCUT2D eigenvalue weighted by atomic mass is 9.95. The van der Waals surface area contributed by atoms with E-state index in [1.54, 1.807) is 48.7 Å². The highest BCUT2D eigenvalue weighted by Gasteiger charge is 2.31. The third-order valence-corrected chi connectivity index (χ3v) is 8.82. The Hall–Kier alpha value is -3.94. The number of benzene rings is 3. The number of amides is 1. The molecule has 2 unspecified atom stereocenters. The fourth-order valence-electron chi connectivity index (χ4n) is 5.53. The van der Waals surface area contributed by atoms with Crippen molar-refractivity contribution in [3.05, 3.63) is 100 Å². The zero-order chi connectivity index (χ0) is 30.8. The third kappa shape index (κ3) is 6.59. The highest BCUT2D eigenvalue weighted by Crippen LogP contribution is 2.34. The normalized spacial score (nSPS) is 17.8. The van der Waals surface area contributed by atoms with Crippen molar-refractivity contribution in [2.75, 3.05) is 12.4 Å². The average molecular weight is 723 g/mol. The minimum atomic E-state index is -0.361. The second kappa shape index (κ2) is 13.0. The van der Waals surface area contributed by atoms with E-state index >= 15 is 0 Å². The first-order valence-electron chi connectivity index (χ1n) is 14.1. The van der Waals surface area contributed by atoms with Gasteiger partial charge in [-0.1, -0.05) is 29.8 Å². The maximum Gasteiger partial charge on any atom is 0.229 e. The number of aromatic nitrogens is 2. The Morgan fingerprint density at radius 1 is 1.09 bits per heavy atom. The van der Waals surface area contributed by atoms with Crippen LogP contribution in [-0.4, -0.2) is 43.7 Å². The van der Waals surface area contributed by atoms with Gasteiger partial charge < -0.3 is 11.1 Å². The van der Waals surface area contributed by atoms with Gasteiger partial charge in [-0.15, -0.1) is 0 Å². The Morgan fingerprint density at radius 2 is 1.89 bits per heavy atom. The van der Waals surface area contributed by atoms with Crippen LogP contribution in [0.3, 0.4) is 0 Å². The molecule has 2 atom stereocenters. The second-order valence-corrected chi connectivity index (χ2v) is 12.7. The Balaban J connectivity index is 1.18. The number of hydrogen-bond acceptors (Lipinski definition) is 7. The van der Waals surface area contributed by atoms with E-state index in [1.165, 1.54) is 6.07 Å². The second-order valence-electron chi connectivity index (χ2n) is 10.7. The Bertz CT molecular complexity index is 1780. The number of carbonyl (C=O) groups excluding carboxylic acids is 1. The van der Waals surface area contributed by atoms with Crippen LogP contribution in [0.15, 0.2) is 82.9 Å². The molecule has 4 N–H and O–H groups in total. The summed E-state index contributed by atoms with van der Waals surface area (Å²) in [7, 11) is 2.02. The summed E-state index contributed by atoms with van der Waals surface area (Å²) in [6.07, 6.45) is 4.36. The zero-order valence-electron chi connectivity index (χ0n) is 23.8. The van der Waals surface area contributed by atoms with Gasteiger partial charge in [0.05, 0.1) is 23.6 Å². The van der Waals surface area contributed by atoms with Gasteiger partial charge in [-0.25, -0.2) is 22.5 Å². The minimum Gasteiger partial charge on any atom is -0.369 e. The van der Waals surface area contributed by atoms with Crippen LogP contribution in [-0.2, 0) is 11.3 Å². The van der Waals surface area contributed by atoms with E-state index in [9.17, 15) is 9.18 Å². The molecule has 0 saturated heterocycles. The van der Waals surface area contributed by atoms with Crippen molar-refractivity contribution in [2.24, 2.45) is 21.6 Å². The predicted octanol–water partition coefficient (Wildman–Crippen LogP) is 6.54. The van der Waals surface area contributed by atoms with Crippen LogP contribution < -0.4 is 16.4 Å². The lowest BCUT2D eigenvalue weighted by Gasteiger charge is -2.16. The van der Waals surface area contributed by atoms with Gasteiger partial charge >= 0.3 is 0 Å². The van der Waals surface area contributed by atoms with Crippen molar-refractivity contribution in [1.29, 1.82) is 0 Å². The van der Waals surface area contributed by atoms with Gasteiger partial charge in [-0.05, 0) is 74.8 Å². The molecule has 4 aromatic rings. The summed E-state index contributed by atoms with van der Waals surface area (Å²) in [6, 6.07) is 19.6. The summed E-state index contributed by atoms with van der Waals surface area (Å²) in [6.45, 7) is 0.285. The van der Waals surface area contributed by atoms with Crippen LogP contribution in [0.1, 0.15) is 36.0 Å². The molecule has 44 heavy (non-hydrogen) atoms. The average Bonchev–Trinajstić information content (AvgIpc) is 3.46. The van der Waals surface area contributed by atoms with Gasteiger partial charge in [-0.2, -0.15) is 0 Å². The molecule has 12 heteroatoms. The molecule has 6 rings (SSSR count). The van der Waals surface area contributed by atoms with E-state index in [0.29, 0.717) is 45.2 Å². The molecule has 9 nitrogen and oxygen atoms in total. The topological polar surface area (TPSA) is 121 Å². The van der Waals surface area contributed by atoms with Gasteiger partial charge in [0.2, 0.25) is 17.8 Å². The zero-order valence-corrected chi connectivity index (χ0v) is 26.7. The number of nitrogens with zero attached hydrogens (tertiary/aromatic N) is 5. The molecule has 0 spiro atoms. The molecule has 2 heterocycles. The van der Waals surface area contributed by atoms with E-state index < -0.39 is 0 Å². The molecular weight excluding hydrogens is 694 g/mol. The first-order valence-corrected chi connectivity index (χ1v) is 15.5. The number of halogens is 3. The Labute approximate surface area is 273 Å². The fourth-order valence-corrected chi connectivity index (χ4v) is 6.21. The number of guanidine groups is 1. The number of rotatable bonds is 6. The van der Waals surface area contributed by atoms with Crippen LogP contribution in [0.25, 0.3) is 11.3 Å². The molecule has 3 aromatic carbocycles. The maximum atomic E-state index is 14.8. The number of fused-ring (bicyclic) bond motifs is 3. The van der Waals surface area contributed by atoms with Gasteiger partial charge in [0, 0.05) is 74.0 Å². The minimum absolute atomic E-state index is 0.0619. The first kappa shape index (κ1) is 30.1. The molecular formula is C32H29ClFIN8O. The Morgan fingerprint density at radius 3 is 2.64 bits per heavy atom. The molecule has 0 radical (unpaired) electrons. The van der Waals surface area contributed by atoms with E-state index in [1.807, 2.05) is 25.2 Å². The summed E-state index contributed by atoms with van der Waals surface area (Å²) >= 11 is 8.63. The summed E-state index contributed by atoms with van der Waals surface area (Å²) in [5.74, 6) is -0.0815. The predicted molar refractivity (Wildman–Crippen MR) is 180 cm³/mol. The van der Waals surface area contributed by atoms with Crippen LogP contribution in [0.5, 0.6) is 0 Å².